The van der Waals surface area contributed by atoms with Gasteiger partial charge in [0, 0.05) is 37.7 Å². The summed E-state index contributed by atoms with van der Waals surface area (Å²) in [6, 6.07) is 0. The Kier molecular flexibility index (Phi) is 11.2. The summed E-state index contributed by atoms with van der Waals surface area (Å²) in [5, 5.41) is 6.18. The highest BCUT2D eigenvalue weighted by molar-refractivity contribution is 7.99. The smallest absolute Gasteiger partial charge is 0.234 e. The number of halogens is 2. The minimum atomic E-state index is 0. The molecular formula is C12H25Cl2N3OS. The van der Waals surface area contributed by atoms with Crippen LogP contribution in [0.15, 0.2) is 0 Å². The molecule has 0 aromatic heterocycles. The number of rotatable bonds is 7. The van der Waals surface area contributed by atoms with E-state index in [0.717, 1.165) is 25.6 Å². The molecule has 0 spiro atoms. The van der Waals surface area contributed by atoms with Crippen LogP contribution < -0.4 is 10.6 Å². The SMILES string of the molecule is Cl.Cl.O=C(CNCC1CC1)NCCN1CCSCC1. The molecule has 1 saturated carbocycles. The molecule has 1 aliphatic heterocycles. The molecule has 1 saturated heterocycles. The first-order valence-electron chi connectivity index (χ1n) is 6.62. The molecular weight excluding hydrogens is 305 g/mol. The molecule has 4 nitrogen and oxygen atoms in total. The molecule has 19 heavy (non-hydrogen) atoms. The molecule has 7 heteroatoms. The van der Waals surface area contributed by atoms with Gasteiger partial charge in [0.15, 0.2) is 0 Å². The quantitative estimate of drug-likeness (QED) is 0.731. The largest absolute Gasteiger partial charge is 0.354 e. The van der Waals surface area contributed by atoms with Gasteiger partial charge in [-0.25, -0.2) is 0 Å². The third kappa shape index (κ3) is 8.97. The van der Waals surface area contributed by atoms with Crippen LogP contribution in [0.2, 0.25) is 0 Å². The van der Waals surface area contributed by atoms with Crippen LogP contribution in [-0.2, 0) is 4.79 Å². The highest BCUT2D eigenvalue weighted by Gasteiger charge is 2.20. The van der Waals surface area contributed by atoms with E-state index < -0.39 is 0 Å². The lowest BCUT2D eigenvalue weighted by Gasteiger charge is -2.25. The highest BCUT2D eigenvalue weighted by atomic mass is 35.5. The van der Waals surface area contributed by atoms with Gasteiger partial charge in [0.1, 0.15) is 0 Å². The predicted molar refractivity (Wildman–Crippen MR) is 86.9 cm³/mol. The zero-order chi connectivity index (χ0) is 11.9. The van der Waals surface area contributed by atoms with E-state index in [4.69, 9.17) is 0 Å². The summed E-state index contributed by atoms with van der Waals surface area (Å²) in [7, 11) is 0. The van der Waals surface area contributed by atoms with E-state index in [1.165, 1.54) is 37.4 Å². The van der Waals surface area contributed by atoms with Gasteiger partial charge in [-0.2, -0.15) is 11.8 Å². The van der Waals surface area contributed by atoms with Gasteiger partial charge in [0.2, 0.25) is 5.91 Å². The van der Waals surface area contributed by atoms with Crippen LogP contribution >= 0.6 is 36.6 Å². The zero-order valence-corrected chi connectivity index (χ0v) is 13.7. The second-order valence-corrected chi connectivity index (χ2v) is 6.10. The van der Waals surface area contributed by atoms with Crippen molar-refractivity contribution in [1.29, 1.82) is 0 Å². The number of carbonyl (C=O) groups is 1. The van der Waals surface area contributed by atoms with E-state index in [1.54, 1.807) is 0 Å². The third-order valence-electron chi connectivity index (χ3n) is 3.27. The molecule has 0 radical (unpaired) electrons. The Hall–Kier alpha value is 0.320. The van der Waals surface area contributed by atoms with E-state index in [2.05, 4.69) is 15.5 Å². The predicted octanol–water partition coefficient (Wildman–Crippen LogP) is 0.995. The topological polar surface area (TPSA) is 44.4 Å². The molecule has 2 aliphatic rings. The van der Waals surface area contributed by atoms with Crippen molar-refractivity contribution in [3.63, 3.8) is 0 Å². The van der Waals surface area contributed by atoms with Crippen molar-refractivity contribution in [1.82, 2.24) is 15.5 Å². The average Bonchev–Trinajstić information content (AvgIpc) is 3.14. The first kappa shape index (κ1) is 19.3. The Morgan fingerprint density at radius 2 is 1.89 bits per heavy atom. The molecule has 2 fully saturated rings. The summed E-state index contributed by atoms with van der Waals surface area (Å²) >= 11 is 2.02. The van der Waals surface area contributed by atoms with Crippen LogP contribution in [0.4, 0.5) is 0 Å². The lowest BCUT2D eigenvalue weighted by Crippen LogP contribution is -2.41. The maximum Gasteiger partial charge on any atom is 0.234 e. The van der Waals surface area contributed by atoms with Crippen molar-refractivity contribution in [3.05, 3.63) is 0 Å². The fraction of sp³-hybridized carbons (Fsp3) is 0.917. The number of hydrogen-bond acceptors (Lipinski definition) is 4. The fourth-order valence-electron chi connectivity index (χ4n) is 1.95. The summed E-state index contributed by atoms with van der Waals surface area (Å²) in [4.78, 5) is 13.9. The maximum absolute atomic E-state index is 11.5. The van der Waals surface area contributed by atoms with Gasteiger partial charge in [-0.3, -0.25) is 9.69 Å². The second-order valence-electron chi connectivity index (χ2n) is 4.88. The van der Waals surface area contributed by atoms with Gasteiger partial charge in [0.05, 0.1) is 6.54 Å². The number of hydrogen-bond donors (Lipinski definition) is 2. The second kappa shape index (κ2) is 11.0. The van der Waals surface area contributed by atoms with Gasteiger partial charge in [-0.05, 0) is 25.3 Å². The van der Waals surface area contributed by atoms with Crippen LogP contribution in [0.3, 0.4) is 0 Å². The summed E-state index contributed by atoms with van der Waals surface area (Å²) < 4.78 is 0. The van der Waals surface area contributed by atoms with Crippen LogP contribution in [0.25, 0.3) is 0 Å². The van der Waals surface area contributed by atoms with Gasteiger partial charge in [-0.15, -0.1) is 24.8 Å². The summed E-state index contributed by atoms with van der Waals surface area (Å²) in [6.07, 6.45) is 2.67. The Morgan fingerprint density at radius 3 is 2.53 bits per heavy atom. The number of amides is 1. The van der Waals surface area contributed by atoms with Crippen molar-refractivity contribution < 1.29 is 4.79 Å². The van der Waals surface area contributed by atoms with E-state index in [0.29, 0.717) is 6.54 Å². The molecule has 1 amide bonds. The summed E-state index contributed by atoms with van der Waals surface area (Å²) in [5.41, 5.74) is 0. The molecule has 0 atom stereocenters. The zero-order valence-electron chi connectivity index (χ0n) is 11.2. The van der Waals surface area contributed by atoms with Gasteiger partial charge >= 0.3 is 0 Å². The Bertz CT molecular complexity index is 249. The Balaban J connectivity index is 0.00000162. The molecule has 1 aliphatic carbocycles. The minimum absolute atomic E-state index is 0. The van der Waals surface area contributed by atoms with Crippen molar-refractivity contribution in [2.45, 2.75) is 12.8 Å². The van der Waals surface area contributed by atoms with E-state index in [9.17, 15) is 4.79 Å². The van der Waals surface area contributed by atoms with Crippen molar-refractivity contribution in [2.75, 3.05) is 50.8 Å². The average molecular weight is 330 g/mol. The summed E-state index contributed by atoms with van der Waals surface area (Å²) in [5.74, 6) is 3.44. The molecule has 1 heterocycles. The molecule has 0 aromatic rings. The van der Waals surface area contributed by atoms with Crippen molar-refractivity contribution in [3.8, 4) is 0 Å². The number of carbonyl (C=O) groups excluding carboxylic acids is 1. The van der Waals surface area contributed by atoms with Crippen molar-refractivity contribution >= 4 is 42.5 Å². The van der Waals surface area contributed by atoms with Gasteiger partial charge in [0.25, 0.3) is 0 Å². The molecule has 114 valence electrons. The normalized spacial score (nSPS) is 19.2. The summed E-state index contributed by atoms with van der Waals surface area (Å²) in [6.45, 7) is 5.60. The van der Waals surface area contributed by atoms with Crippen LogP contribution in [0.1, 0.15) is 12.8 Å². The minimum Gasteiger partial charge on any atom is -0.354 e. The van der Waals surface area contributed by atoms with Gasteiger partial charge in [-0.1, -0.05) is 0 Å². The Labute approximate surface area is 132 Å². The van der Waals surface area contributed by atoms with E-state index in [1.807, 2.05) is 11.8 Å². The standard InChI is InChI=1S/C12H23N3OS.2ClH/c16-12(10-13-9-11-1-2-11)14-3-4-15-5-7-17-8-6-15;;/h11,13H,1-10H2,(H,14,16);2*1H. The number of nitrogens with one attached hydrogen (secondary N) is 2. The third-order valence-corrected chi connectivity index (χ3v) is 4.21. The van der Waals surface area contributed by atoms with Crippen LogP contribution in [-0.4, -0.2) is 61.6 Å². The van der Waals surface area contributed by atoms with E-state index in [-0.39, 0.29) is 30.7 Å². The first-order valence-corrected chi connectivity index (χ1v) is 7.77. The van der Waals surface area contributed by atoms with Crippen LogP contribution in [0, 0.1) is 5.92 Å². The highest BCUT2D eigenvalue weighted by Crippen LogP contribution is 2.27. The van der Waals surface area contributed by atoms with Crippen molar-refractivity contribution in [2.24, 2.45) is 5.92 Å². The Morgan fingerprint density at radius 1 is 1.21 bits per heavy atom. The lowest BCUT2D eigenvalue weighted by molar-refractivity contribution is -0.120. The van der Waals surface area contributed by atoms with E-state index >= 15 is 0 Å². The first-order chi connectivity index (χ1) is 8.34. The molecule has 2 rings (SSSR count). The molecule has 0 unspecified atom stereocenters. The molecule has 0 bridgehead atoms. The fourth-order valence-corrected chi connectivity index (χ4v) is 2.93. The molecule has 2 N–H and O–H groups in total. The molecule has 0 aromatic carbocycles. The maximum atomic E-state index is 11.5. The lowest BCUT2D eigenvalue weighted by atomic mass is 10.4. The van der Waals surface area contributed by atoms with Crippen LogP contribution in [0.5, 0.6) is 0 Å². The van der Waals surface area contributed by atoms with Gasteiger partial charge < -0.3 is 10.6 Å². The number of thioether (sulfide) groups is 1. The monoisotopic (exact) mass is 329 g/mol. The number of nitrogens with zero attached hydrogens (tertiary/aromatic N) is 1.